The number of aliphatic hydroxyl groups excluding tert-OH is 1. The second-order valence-corrected chi connectivity index (χ2v) is 9.08. The molecule has 3 heterocycles. The molecular weight excluding hydrogens is 434 g/mol. The second-order valence-electron chi connectivity index (χ2n) is 7.10. The van der Waals surface area contributed by atoms with Gasteiger partial charge in [0.1, 0.15) is 6.10 Å². The molecule has 3 aromatic rings. The summed E-state index contributed by atoms with van der Waals surface area (Å²) in [6.07, 6.45) is 0.638. The average Bonchev–Trinajstić information content (AvgIpc) is 3.53. The number of benzene rings is 1. The summed E-state index contributed by atoms with van der Waals surface area (Å²) in [6.45, 7) is 0.843. The normalized spacial score (nSPS) is 14.5. The molecule has 0 bridgehead atoms. The third kappa shape index (κ3) is 5.01. The van der Waals surface area contributed by atoms with E-state index in [-0.39, 0.29) is 12.5 Å². The van der Waals surface area contributed by atoms with Crippen LogP contribution in [-0.2, 0) is 20.9 Å². The number of hydrogen-bond donors (Lipinski definition) is 3. The fraction of sp³-hybridized carbons (Fsp3) is 0.227. The van der Waals surface area contributed by atoms with Crippen LogP contribution >= 0.6 is 22.7 Å². The molecule has 1 aliphatic rings. The fourth-order valence-corrected chi connectivity index (χ4v) is 4.99. The van der Waals surface area contributed by atoms with Crippen LogP contribution < -0.4 is 15.5 Å². The zero-order valence-corrected chi connectivity index (χ0v) is 18.2. The predicted octanol–water partition coefficient (Wildman–Crippen LogP) is 3.27. The first-order chi connectivity index (χ1) is 15.0. The molecule has 1 aromatic carbocycles. The zero-order valence-electron chi connectivity index (χ0n) is 16.5. The van der Waals surface area contributed by atoms with Crippen LogP contribution in [0, 0.1) is 0 Å². The molecule has 0 spiro atoms. The van der Waals surface area contributed by atoms with Crippen molar-refractivity contribution in [2.45, 2.75) is 25.5 Å². The summed E-state index contributed by atoms with van der Waals surface area (Å²) in [5.74, 6) is -1.48. The molecule has 3 amide bonds. The predicted molar refractivity (Wildman–Crippen MR) is 121 cm³/mol. The summed E-state index contributed by atoms with van der Waals surface area (Å²) in [4.78, 5) is 39.7. The molecule has 1 aliphatic heterocycles. The SMILES string of the molecule is O=C(NCc1ccc(C(O)c2ccsc2)s1)C(=O)Nc1cccc(N2CCCC2=O)c1. The number of nitrogens with zero attached hydrogens (tertiary/aromatic N) is 1. The number of nitrogens with one attached hydrogen (secondary N) is 2. The van der Waals surface area contributed by atoms with Crippen LogP contribution in [0.2, 0.25) is 0 Å². The van der Waals surface area contributed by atoms with Gasteiger partial charge in [-0.15, -0.1) is 11.3 Å². The molecule has 1 fully saturated rings. The van der Waals surface area contributed by atoms with Gasteiger partial charge in [-0.05, 0) is 59.1 Å². The Hall–Kier alpha value is -3.01. The maximum atomic E-state index is 12.3. The summed E-state index contributed by atoms with van der Waals surface area (Å²) in [5.41, 5.74) is 1.99. The van der Waals surface area contributed by atoms with Crippen molar-refractivity contribution in [3.05, 3.63) is 68.5 Å². The van der Waals surface area contributed by atoms with Crippen LogP contribution in [0.25, 0.3) is 0 Å². The average molecular weight is 456 g/mol. The van der Waals surface area contributed by atoms with E-state index in [1.54, 1.807) is 29.2 Å². The first kappa shape index (κ1) is 21.2. The van der Waals surface area contributed by atoms with E-state index in [2.05, 4.69) is 10.6 Å². The fourth-order valence-electron chi connectivity index (χ4n) is 3.34. The highest BCUT2D eigenvalue weighted by Crippen LogP contribution is 2.29. The van der Waals surface area contributed by atoms with Crippen molar-refractivity contribution in [3.63, 3.8) is 0 Å². The van der Waals surface area contributed by atoms with Crippen molar-refractivity contribution in [2.75, 3.05) is 16.8 Å². The highest BCUT2D eigenvalue weighted by molar-refractivity contribution is 7.12. The summed E-state index contributed by atoms with van der Waals surface area (Å²) in [7, 11) is 0. The lowest BCUT2D eigenvalue weighted by molar-refractivity contribution is -0.136. The number of thiophene rings is 2. The molecular formula is C22H21N3O4S2. The Balaban J connectivity index is 1.31. The van der Waals surface area contributed by atoms with E-state index in [4.69, 9.17) is 0 Å². The molecule has 0 radical (unpaired) electrons. The Kier molecular flexibility index (Phi) is 6.45. The summed E-state index contributed by atoms with van der Waals surface area (Å²) in [5, 5.41) is 19.4. The topological polar surface area (TPSA) is 98.7 Å². The summed E-state index contributed by atoms with van der Waals surface area (Å²) >= 11 is 2.90. The minimum Gasteiger partial charge on any atom is -0.383 e. The molecule has 160 valence electrons. The van der Waals surface area contributed by atoms with Gasteiger partial charge in [0.15, 0.2) is 0 Å². The van der Waals surface area contributed by atoms with Crippen molar-refractivity contribution in [1.29, 1.82) is 0 Å². The van der Waals surface area contributed by atoms with Gasteiger partial charge in [0.05, 0.1) is 6.54 Å². The van der Waals surface area contributed by atoms with E-state index < -0.39 is 17.9 Å². The number of carbonyl (C=O) groups excluding carboxylic acids is 3. The van der Waals surface area contributed by atoms with E-state index in [1.165, 1.54) is 22.7 Å². The quantitative estimate of drug-likeness (QED) is 0.497. The monoisotopic (exact) mass is 455 g/mol. The number of carbonyl (C=O) groups is 3. The molecule has 0 aliphatic carbocycles. The van der Waals surface area contributed by atoms with Gasteiger partial charge in [-0.3, -0.25) is 14.4 Å². The van der Waals surface area contributed by atoms with Crippen molar-refractivity contribution >= 4 is 51.8 Å². The first-order valence-electron chi connectivity index (χ1n) is 9.79. The molecule has 1 atom stereocenters. The zero-order chi connectivity index (χ0) is 21.8. The minimum absolute atomic E-state index is 0.0562. The van der Waals surface area contributed by atoms with E-state index >= 15 is 0 Å². The van der Waals surface area contributed by atoms with E-state index in [9.17, 15) is 19.5 Å². The lowest BCUT2D eigenvalue weighted by atomic mass is 10.2. The molecule has 1 unspecified atom stereocenters. The van der Waals surface area contributed by atoms with Gasteiger partial charge in [0.2, 0.25) is 5.91 Å². The lowest BCUT2D eigenvalue weighted by Crippen LogP contribution is -2.34. The largest absolute Gasteiger partial charge is 0.383 e. The Morgan fingerprint density at radius 3 is 2.77 bits per heavy atom. The van der Waals surface area contributed by atoms with Crippen LogP contribution in [-0.4, -0.2) is 29.4 Å². The van der Waals surface area contributed by atoms with Crippen LogP contribution in [0.15, 0.2) is 53.2 Å². The van der Waals surface area contributed by atoms with Crippen LogP contribution in [0.1, 0.15) is 34.3 Å². The van der Waals surface area contributed by atoms with Crippen LogP contribution in [0.5, 0.6) is 0 Å². The number of aliphatic hydroxyl groups is 1. The van der Waals surface area contributed by atoms with Crippen molar-refractivity contribution in [3.8, 4) is 0 Å². The molecule has 1 saturated heterocycles. The third-order valence-electron chi connectivity index (χ3n) is 4.93. The summed E-state index contributed by atoms with van der Waals surface area (Å²) in [6, 6.07) is 12.4. The van der Waals surface area contributed by atoms with Gasteiger partial charge in [0.25, 0.3) is 0 Å². The third-order valence-corrected chi connectivity index (χ3v) is 6.77. The summed E-state index contributed by atoms with van der Waals surface area (Å²) < 4.78 is 0. The Bertz CT molecular complexity index is 1090. The second kappa shape index (κ2) is 9.42. The molecule has 31 heavy (non-hydrogen) atoms. The lowest BCUT2D eigenvalue weighted by Gasteiger charge is -2.16. The Labute approximate surface area is 187 Å². The van der Waals surface area contributed by atoms with Crippen LogP contribution in [0.4, 0.5) is 11.4 Å². The number of amides is 3. The maximum absolute atomic E-state index is 12.3. The Morgan fingerprint density at radius 2 is 2.03 bits per heavy atom. The molecule has 7 nitrogen and oxygen atoms in total. The van der Waals surface area contributed by atoms with Crippen molar-refractivity contribution in [2.24, 2.45) is 0 Å². The molecule has 0 saturated carbocycles. The molecule has 3 N–H and O–H groups in total. The number of rotatable bonds is 6. The number of anilines is 2. The highest BCUT2D eigenvalue weighted by atomic mass is 32.1. The van der Waals surface area contributed by atoms with E-state index in [0.29, 0.717) is 24.3 Å². The minimum atomic E-state index is -0.778. The number of hydrogen-bond acceptors (Lipinski definition) is 6. The van der Waals surface area contributed by atoms with Gasteiger partial charge >= 0.3 is 11.8 Å². The standard InChI is InChI=1S/C22H21N3O4S2/c26-19-5-2-9-25(19)16-4-1-3-15(11-16)24-22(29)21(28)23-12-17-6-7-18(31-17)20(27)14-8-10-30-13-14/h1,3-4,6-8,10-11,13,20,27H,2,5,9,12H2,(H,23,28)(H,24,29). The van der Waals surface area contributed by atoms with Gasteiger partial charge < -0.3 is 20.6 Å². The van der Waals surface area contributed by atoms with Gasteiger partial charge in [-0.1, -0.05) is 6.07 Å². The van der Waals surface area contributed by atoms with Gasteiger partial charge in [-0.25, -0.2) is 0 Å². The van der Waals surface area contributed by atoms with Gasteiger partial charge in [-0.2, -0.15) is 11.3 Å². The highest BCUT2D eigenvalue weighted by Gasteiger charge is 2.22. The smallest absolute Gasteiger partial charge is 0.313 e. The van der Waals surface area contributed by atoms with Crippen LogP contribution in [0.3, 0.4) is 0 Å². The van der Waals surface area contributed by atoms with Crippen molar-refractivity contribution in [1.82, 2.24) is 5.32 Å². The first-order valence-corrected chi connectivity index (χ1v) is 11.6. The van der Waals surface area contributed by atoms with Gasteiger partial charge in [0, 0.05) is 34.1 Å². The van der Waals surface area contributed by atoms with E-state index in [1.807, 2.05) is 29.0 Å². The maximum Gasteiger partial charge on any atom is 0.313 e. The molecule has 4 rings (SSSR count). The Morgan fingerprint density at radius 1 is 1.16 bits per heavy atom. The van der Waals surface area contributed by atoms with Crippen molar-refractivity contribution < 1.29 is 19.5 Å². The molecule has 9 heteroatoms. The molecule has 2 aromatic heterocycles. The van der Waals surface area contributed by atoms with E-state index in [0.717, 1.165) is 21.7 Å².